The van der Waals surface area contributed by atoms with E-state index in [1.807, 2.05) is 26.0 Å². The number of thiocarbonyl (C=S) groups is 1. The second kappa shape index (κ2) is 8.40. The standard InChI is InChI=1S/C18H18BrFN2O2S/c1-10-7-13(19)8-11(2)17(10)22-18(25)21-15(9-16(23)24)12-3-5-14(20)6-4-12/h3-8,15H,9H2,1-2H3,(H,23,24)(H2,21,22,25)/t15-/m0/s1. The summed E-state index contributed by atoms with van der Waals surface area (Å²) in [6.07, 6.45) is -0.175. The lowest BCUT2D eigenvalue weighted by molar-refractivity contribution is -0.137. The van der Waals surface area contributed by atoms with Crippen LogP contribution in [0.1, 0.15) is 29.2 Å². The third-order valence-corrected chi connectivity index (χ3v) is 4.37. The lowest BCUT2D eigenvalue weighted by Crippen LogP contribution is -2.34. The first-order valence-electron chi connectivity index (χ1n) is 7.58. The van der Waals surface area contributed by atoms with E-state index in [1.54, 1.807) is 12.1 Å². The predicted octanol–water partition coefficient (Wildman–Crippen LogP) is 4.71. The van der Waals surface area contributed by atoms with Crippen molar-refractivity contribution in [3.05, 3.63) is 63.4 Å². The molecule has 0 bridgehead atoms. The molecule has 132 valence electrons. The third kappa shape index (κ3) is 5.51. The Bertz CT molecular complexity index is 773. The van der Waals surface area contributed by atoms with Gasteiger partial charge in [-0.25, -0.2) is 4.39 Å². The molecule has 7 heteroatoms. The summed E-state index contributed by atoms with van der Waals surface area (Å²) < 4.78 is 14.1. The highest BCUT2D eigenvalue weighted by Crippen LogP contribution is 2.25. The molecule has 2 aromatic carbocycles. The predicted molar refractivity (Wildman–Crippen MR) is 104 cm³/mol. The number of aryl methyl sites for hydroxylation is 2. The summed E-state index contributed by atoms with van der Waals surface area (Å²) in [6, 6.07) is 9.06. The number of rotatable bonds is 5. The van der Waals surface area contributed by atoms with Crippen molar-refractivity contribution in [3.8, 4) is 0 Å². The Kier molecular flexibility index (Phi) is 6.50. The first-order chi connectivity index (χ1) is 11.8. The molecule has 0 saturated carbocycles. The van der Waals surface area contributed by atoms with Crippen molar-refractivity contribution in [2.24, 2.45) is 0 Å². The molecule has 0 spiro atoms. The van der Waals surface area contributed by atoms with Crippen LogP contribution in [0, 0.1) is 19.7 Å². The molecular formula is C18H18BrFN2O2S. The van der Waals surface area contributed by atoms with Crippen LogP contribution in [0.5, 0.6) is 0 Å². The zero-order valence-electron chi connectivity index (χ0n) is 13.8. The van der Waals surface area contributed by atoms with Crippen molar-refractivity contribution < 1.29 is 14.3 Å². The van der Waals surface area contributed by atoms with Gasteiger partial charge in [0, 0.05) is 10.2 Å². The molecule has 0 radical (unpaired) electrons. The number of aliphatic carboxylic acids is 1. The Balaban J connectivity index is 2.17. The average molecular weight is 425 g/mol. The molecule has 2 aromatic rings. The Morgan fingerprint density at radius 3 is 2.32 bits per heavy atom. The molecule has 0 aliphatic carbocycles. The van der Waals surface area contributed by atoms with Crippen LogP contribution in [0.4, 0.5) is 10.1 Å². The zero-order valence-corrected chi connectivity index (χ0v) is 16.2. The topological polar surface area (TPSA) is 61.4 Å². The lowest BCUT2D eigenvalue weighted by atomic mass is 10.0. The summed E-state index contributed by atoms with van der Waals surface area (Å²) in [7, 11) is 0. The Hall–Kier alpha value is -1.99. The fraction of sp³-hybridized carbons (Fsp3) is 0.222. The molecule has 4 nitrogen and oxygen atoms in total. The number of carboxylic acid groups (broad SMARTS) is 1. The minimum atomic E-state index is -0.972. The Labute approximate surface area is 159 Å². The van der Waals surface area contributed by atoms with Gasteiger partial charge in [-0.15, -0.1) is 0 Å². The van der Waals surface area contributed by atoms with E-state index in [4.69, 9.17) is 17.3 Å². The van der Waals surface area contributed by atoms with Crippen LogP contribution in [0.3, 0.4) is 0 Å². The third-order valence-electron chi connectivity index (χ3n) is 3.69. The van der Waals surface area contributed by atoms with Crippen LogP contribution in [-0.2, 0) is 4.79 Å². The fourth-order valence-corrected chi connectivity index (χ4v) is 3.47. The van der Waals surface area contributed by atoms with Gasteiger partial charge < -0.3 is 15.7 Å². The van der Waals surface area contributed by atoms with E-state index in [2.05, 4.69) is 26.6 Å². The van der Waals surface area contributed by atoms with E-state index in [1.165, 1.54) is 12.1 Å². The van der Waals surface area contributed by atoms with Crippen LogP contribution < -0.4 is 10.6 Å². The summed E-state index contributed by atoms with van der Waals surface area (Å²) in [4.78, 5) is 11.2. The van der Waals surface area contributed by atoms with Crippen molar-refractivity contribution >= 4 is 44.9 Å². The van der Waals surface area contributed by atoms with Crippen molar-refractivity contribution in [3.63, 3.8) is 0 Å². The molecule has 0 aliphatic heterocycles. The van der Waals surface area contributed by atoms with Gasteiger partial charge in [-0.05, 0) is 67.0 Å². The van der Waals surface area contributed by atoms with E-state index in [0.29, 0.717) is 10.7 Å². The summed E-state index contributed by atoms with van der Waals surface area (Å²) in [5.74, 6) is -1.35. The monoisotopic (exact) mass is 424 g/mol. The molecular weight excluding hydrogens is 407 g/mol. The highest BCUT2D eigenvalue weighted by Gasteiger charge is 2.17. The molecule has 2 rings (SSSR count). The lowest BCUT2D eigenvalue weighted by Gasteiger charge is -2.21. The van der Waals surface area contributed by atoms with Crippen LogP contribution >= 0.6 is 28.1 Å². The molecule has 25 heavy (non-hydrogen) atoms. The van der Waals surface area contributed by atoms with E-state index in [9.17, 15) is 9.18 Å². The summed E-state index contributed by atoms with van der Waals surface area (Å²) in [5.41, 5.74) is 3.53. The number of halogens is 2. The first kappa shape index (κ1) is 19.3. The van der Waals surface area contributed by atoms with Crippen LogP contribution in [0.2, 0.25) is 0 Å². The van der Waals surface area contributed by atoms with Gasteiger partial charge in [-0.2, -0.15) is 0 Å². The maximum Gasteiger partial charge on any atom is 0.305 e. The highest BCUT2D eigenvalue weighted by molar-refractivity contribution is 9.10. The van der Waals surface area contributed by atoms with Gasteiger partial charge in [0.1, 0.15) is 5.82 Å². The summed E-state index contributed by atoms with van der Waals surface area (Å²) in [6.45, 7) is 3.91. The van der Waals surface area contributed by atoms with Gasteiger partial charge in [0.2, 0.25) is 0 Å². The second-order valence-corrected chi connectivity index (χ2v) is 7.04. The largest absolute Gasteiger partial charge is 0.481 e. The number of anilines is 1. The van der Waals surface area contributed by atoms with Gasteiger partial charge >= 0.3 is 5.97 Å². The smallest absolute Gasteiger partial charge is 0.305 e. The molecule has 0 aliphatic rings. The molecule has 0 unspecified atom stereocenters. The van der Waals surface area contributed by atoms with E-state index in [-0.39, 0.29) is 12.2 Å². The van der Waals surface area contributed by atoms with Crippen molar-refractivity contribution in [1.29, 1.82) is 0 Å². The molecule has 1 atom stereocenters. The van der Waals surface area contributed by atoms with Crippen molar-refractivity contribution in [2.75, 3.05) is 5.32 Å². The van der Waals surface area contributed by atoms with Crippen LogP contribution in [-0.4, -0.2) is 16.2 Å². The molecule has 0 heterocycles. The number of hydrogen-bond acceptors (Lipinski definition) is 2. The quantitative estimate of drug-likeness (QED) is 0.606. The van der Waals surface area contributed by atoms with Crippen LogP contribution in [0.15, 0.2) is 40.9 Å². The number of carbonyl (C=O) groups is 1. The van der Waals surface area contributed by atoms with Gasteiger partial charge in [0.15, 0.2) is 5.11 Å². The average Bonchev–Trinajstić information content (AvgIpc) is 2.50. The van der Waals surface area contributed by atoms with Crippen molar-refractivity contribution in [2.45, 2.75) is 26.3 Å². The van der Waals surface area contributed by atoms with Gasteiger partial charge in [-0.3, -0.25) is 4.79 Å². The van der Waals surface area contributed by atoms with E-state index >= 15 is 0 Å². The first-order valence-corrected chi connectivity index (χ1v) is 8.78. The normalized spacial score (nSPS) is 11.7. The Morgan fingerprint density at radius 1 is 1.24 bits per heavy atom. The maximum atomic E-state index is 13.1. The number of carboxylic acids is 1. The molecule has 3 N–H and O–H groups in total. The minimum Gasteiger partial charge on any atom is -0.481 e. The van der Waals surface area contributed by atoms with Gasteiger partial charge in [0.25, 0.3) is 0 Å². The maximum absolute atomic E-state index is 13.1. The summed E-state index contributed by atoms with van der Waals surface area (Å²) in [5, 5.41) is 15.6. The summed E-state index contributed by atoms with van der Waals surface area (Å²) >= 11 is 8.79. The highest BCUT2D eigenvalue weighted by atomic mass is 79.9. The number of benzene rings is 2. The molecule has 0 fully saturated rings. The molecule has 0 saturated heterocycles. The van der Waals surface area contributed by atoms with Crippen molar-refractivity contribution in [1.82, 2.24) is 5.32 Å². The van der Waals surface area contributed by atoms with Crippen LogP contribution in [0.25, 0.3) is 0 Å². The van der Waals surface area contributed by atoms with Gasteiger partial charge in [0.05, 0.1) is 12.5 Å². The SMILES string of the molecule is Cc1cc(Br)cc(C)c1NC(=S)N[C@@H](CC(=O)O)c1ccc(F)cc1. The zero-order chi connectivity index (χ0) is 18.6. The Morgan fingerprint density at radius 2 is 1.80 bits per heavy atom. The van der Waals surface area contributed by atoms with Gasteiger partial charge in [-0.1, -0.05) is 28.1 Å². The second-order valence-electron chi connectivity index (χ2n) is 5.72. The molecule has 0 aromatic heterocycles. The fourth-order valence-electron chi connectivity index (χ4n) is 2.54. The van der Waals surface area contributed by atoms with E-state index < -0.39 is 12.0 Å². The number of nitrogens with one attached hydrogen (secondary N) is 2. The minimum absolute atomic E-state index is 0.175. The van der Waals surface area contributed by atoms with E-state index in [0.717, 1.165) is 21.3 Å². The number of hydrogen-bond donors (Lipinski definition) is 3. The molecule has 0 amide bonds.